The Morgan fingerprint density at radius 1 is 1.26 bits per heavy atom. The molecule has 8 heteroatoms. The van der Waals surface area contributed by atoms with Crippen LogP contribution in [-0.2, 0) is 11.3 Å². The number of nitrogens with one attached hydrogen (secondary N) is 1. The number of hydrogen-bond acceptors (Lipinski definition) is 6. The van der Waals surface area contributed by atoms with Crippen molar-refractivity contribution in [2.75, 3.05) is 58.4 Å². The first kappa shape index (κ1) is 20.4. The molecule has 6 nitrogen and oxygen atoms in total. The highest BCUT2D eigenvalue weighted by atomic mass is 32.2. The number of methoxy groups -OCH3 is 2. The van der Waals surface area contributed by atoms with Crippen molar-refractivity contribution >= 4 is 33.8 Å². The van der Waals surface area contributed by atoms with Gasteiger partial charge >= 0.3 is 0 Å². The lowest BCUT2D eigenvalue weighted by molar-refractivity contribution is -0.917. The van der Waals surface area contributed by atoms with Crippen LogP contribution in [0.2, 0.25) is 0 Å². The molecule has 2 aliphatic heterocycles. The van der Waals surface area contributed by atoms with E-state index >= 15 is 0 Å². The minimum Gasteiger partial charge on any atom is -0.493 e. The van der Waals surface area contributed by atoms with Crippen LogP contribution >= 0.6 is 23.5 Å². The number of piperazine rings is 1. The summed E-state index contributed by atoms with van der Waals surface area (Å²) in [6, 6.07) is 4.11. The maximum atomic E-state index is 12.4. The van der Waals surface area contributed by atoms with Gasteiger partial charge < -0.3 is 19.3 Å². The lowest BCUT2D eigenvalue weighted by Gasteiger charge is -2.32. The Morgan fingerprint density at radius 2 is 1.96 bits per heavy atom. The normalized spacial score (nSPS) is 17.7. The summed E-state index contributed by atoms with van der Waals surface area (Å²) in [5.74, 6) is 3.34. The molecule has 1 amide bonds. The summed E-state index contributed by atoms with van der Waals surface area (Å²) in [4.78, 5) is 20.3. The van der Waals surface area contributed by atoms with Crippen LogP contribution in [0.1, 0.15) is 11.1 Å². The number of nitrogens with zero attached hydrogens (tertiary/aromatic N) is 2. The molecule has 0 radical (unpaired) electrons. The summed E-state index contributed by atoms with van der Waals surface area (Å²) >= 11 is 3.35. The molecule has 0 bridgehead atoms. The van der Waals surface area contributed by atoms with Gasteiger partial charge in [0.2, 0.25) is 5.91 Å². The highest BCUT2D eigenvalue weighted by molar-refractivity contribution is 8.39. The number of ether oxygens (including phenoxy) is 2. The van der Waals surface area contributed by atoms with Crippen LogP contribution in [0.3, 0.4) is 0 Å². The van der Waals surface area contributed by atoms with Crippen LogP contribution in [-0.4, -0.2) is 73.6 Å². The average molecular weight is 411 g/mol. The van der Waals surface area contributed by atoms with Gasteiger partial charge in [0.1, 0.15) is 10.9 Å². The number of hydrogen-bond donors (Lipinski definition) is 1. The minimum atomic E-state index is 0.233. The maximum Gasteiger partial charge on any atom is 0.233 e. The van der Waals surface area contributed by atoms with E-state index in [0.29, 0.717) is 5.75 Å². The van der Waals surface area contributed by atoms with E-state index in [2.05, 4.69) is 18.0 Å². The fourth-order valence-corrected chi connectivity index (χ4v) is 5.26. The van der Waals surface area contributed by atoms with E-state index < -0.39 is 0 Å². The second-order valence-electron chi connectivity index (χ2n) is 6.73. The molecule has 1 aromatic carbocycles. The molecular weight excluding hydrogens is 382 g/mol. The summed E-state index contributed by atoms with van der Waals surface area (Å²) in [6.45, 7) is 7.52. The number of aliphatic imine (C=N–C) groups is 1. The van der Waals surface area contributed by atoms with E-state index in [4.69, 9.17) is 9.47 Å². The third-order valence-electron chi connectivity index (χ3n) is 4.98. The molecule has 0 aromatic heterocycles. The van der Waals surface area contributed by atoms with E-state index in [0.717, 1.165) is 60.9 Å². The zero-order chi connectivity index (χ0) is 19.2. The van der Waals surface area contributed by atoms with Gasteiger partial charge in [-0.2, -0.15) is 0 Å². The number of benzene rings is 1. The van der Waals surface area contributed by atoms with Gasteiger partial charge in [-0.25, -0.2) is 0 Å². The maximum absolute atomic E-state index is 12.4. The smallest absolute Gasteiger partial charge is 0.233 e. The van der Waals surface area contributed by atoms with Gasteiger partial charge in [-0.05, 0) is 24.6 Å². The van der Waals surface area contributed by atoms with E-state index in [1.165, 1.54) is 16.0 Å². The van der Waals surface area contributed by atoms with Crippen molar-refractivity contribution in [3.05, 3.63) is 23.3 Å². The van der Waals surface area contributed by atoms with Crippen molar-refractivity contribution in [3.63, 3.8) is 0 Å². The van der Waals surface area contributed by atoms with Crippen molar-refractivity contribution in [1.82, 2.24) is 4.90 Å². The van der Waals surface area contributed by atoms with E-state index in [9.17, 15) is 4.79 Å². The number of rotatable bonds is 6. The molecule has 1 aromatic rings. The Balaban J connectivity index is 1.50. The number of amides is 1. The summed E-state index contributed by atoms with van der Waals surface area (Å²) in [6.07, 6.45) is 0. The van der Waals surface area contributed by atoms with Crippen LogP contribution in [0.15, 0.2) is 17.1 Å². The second kappa shape index (κ2) is 9.71. The van der Waals surface area contributed by atoms with Gasteiger partial charge in [0.05, 0.1) is 52.7 Å². The van der Waals surface area contributed by atoms with Crippen molar-refractivity contribution in [2.24, 2.45) is 4.99 Å². The van der Waals surface area contributed by atoms with Crippen LogP contribution in [0.25, 0.3) is 0 Å². The first-order valence-electron chi connectivity index (χ1n) is 9.23. The summed E-state index contributed by atoms with van der Waals surface area (Å²) in [5, 5.41) is 0. The van der Waals surface area contributed by atoms with Gasteiger partial charge in [-0.3, -0.25) is 9.79 Å². The van der Waals surface area contributed by atoms with Crippen LogP contribution in [0.5, 0.6) is 11.5 Å². The topological polar surface area (TPSA) is 55.6 Å². The molecule has 2 heterocycles. The molecule has 0 atom stereocenters. The van der Waals surface area contributed by atoms with Gasteiger partial charge in [0, 0.05) is 11.3 Å². The Morgan fingerprint density at radius 3 is 2.59 bits per heavy atom. The van der Waals surface area contributed by atoms with Crippen molar-refractivity contribution in [2.45, 2.75) is 13.5 Å². The molecular formula is C19H28N3O3S2+. The number of aryl methyl sites for hydroxylation is 1. The first-order chi connectivity index (χ1) is 13.1. The Labute approximate surface area is 169 Å². The molecule has 1 saturated heterocycles. The van der Waals surface area contributed by atoms with Crippen LogP contribution in [0.4, 0.5) is 0 Å². The third-order valence-corrected chi connectivity index (χ3v) is 7.22. The predicted octanol–water partition coefficient (Wildman–Crippen LogP) is 1.08. The number of carbonyl (C=O) groups is 1. The monoisotopic (exact) mass is 410 g/mol. The van der Waals surface area contributed by atoms with Crippen molar-refractivity contribution in [3.8, 4) is 11.5 Å². The number of carbonyl (C=O) groups excluding carboxylic acids is 1. The molecule has 27 heavy (non-hydrogen) atoms. The minimum absolute atomic E-state index is 0.233. The van der Waals surface area contributed by atoms with Crippen molar-refractivity contribution in [1.29, 1.82) is 0 Å². The van der Waals surface area contributed by atoms with Gasteiger partial charge in [-0.15, -0.1) is 0 Å². The fraction of sp³-hybridized carbons (Fsp3) is 0.579. The quantitative estimate of drug-likeness (QED) is 0.761. The van der Waals surface area contributed by atoms with E-state index in [-0.39, 0.29) is 5.91 Å². The average Bonchev–Trinajstić information content (AvgIpc) is 3.21. The van der Waals surface area contributed by atoms with Gasteiger partial charge in [0.15, 0.2) is 11.5 Å². The molecule has 0 saturated carbocycles. The highest BCUT2D eigenvalue weighted by Gasteiger charge is 2.25. The summed E-state index contributed by atoms with van der Waals surface area (Å²) in [7, 11) is 3.33. The molecule has 0 unspecified atom stereocenters. The fourth-order valence-electron chi connectivity index (χ4n) is 3.35. The molecule has 2 aliphatic rings. The van der Waals surface area contributed by atoms with Crippen LogP contribution in [0, 0.1) is 6.92 Å². The second-order valence-corrected chi connectivity index (χ2v) is 9.03. The zero-order valence-electron chi connectivity index (χ0n) is 16.2. The van der Waals surface area contributed by atoms with E-state index in [1.807, 2.05) is 11.0 Å². The van der Waals surface area contributed by atoms with Gasteiger partial charge in [-0.1, -0.05) is 23.5 Å². The highest BCUT2D eigenvalue weighted by Crippen LogP contribution is 2.30. The molecule has 1 fully saturated rings. The SMILES string of the molecule is COc1cc(C)c(C[NH+]2CCN(C(=O)CSC3=NCCS3)CC2)cc1OC. The van der Waals surface area contributed by atoms with E-state index in [1.54, 1.807) is 37.7 Å². The lowest BCUT2D eigenvalue weighted by atomic mass is 10.1. The van der Waals surface area contributed by atoms with Gasteiger partial charge in [0.25, 0.3) is 0 Å². The molecule has 148 valence electrons. The summed E-state index contributed by atoms with van der Waals surface area (Å²) < 4.78 is 11.9. The predicted molar refractivity (Wildman–Crippen MR) is 112 cm³/mol. The standard InChI is InChI=1S/C19H27N3O3S2/c1-14-10-16(24-2)17(25-3)11-15(14)12-21-5-7-22(8-6-21)18(23)13-27-19-20-4-9-26-19/h10-11H,4-9,12-13H2,1-3H3/p+1. The van der Waals surface area contributed by atoms with Crippen LogP contribution < -0.4 is 14.4 Å². The number of quaternary nitrogens is 1. The molecule has 1 N–H and O–H groups in total. The summed E-state index contributed by atoms with van der Waals surface area (Å²) in [5.41, 5.74) is 2.49. The molecule has 3 rings (SSSR count). The molecule has 0 spiro atoms. The third kappa shape index (κ3) is 5.33. The van der Waals surface area contributed by atoms with Crippen molar-refractivity contribution < 1.29 is 19.2 Å². The lowest BCUT2D eigenvalue weighted by Crippen LogP contribution is -3.13. The Hall–Kier alpha value is -1.38. The molecule has 0 aliphatic carbocycles. The zero-order valence-corrected chi connectivity index (χ0v) is 17.9. The number of thioether (sulfide) groups is 2. The largest absolute Gasteiger partial charge is 0.493 e. The first-order valence-corrected chi connectivity index (χ1v) is 11.2. The Kier molecular flexibility index (Phi) is 7.32. The Bertz CT molecular complexity index is 704.